The van der Waals surface area contributed by atoms with Crippen LogP contribution >= 0.6 is 11.6 Å². The number of nitrogens with one attached hydrogen (secondary N) is 2. The number of hydrogen-bond donors (Lipinski definition) is 3. The number of anilines is 2. The number of carbonyl (C=O) groups is 1. The van der Waals surface area contributed by atoms with E-state index in [4.69, 9.17) is 28.0 Å². The maximum Gasteiger partial charge on any atom is 0.274 e. The Bertz CT molecular complexity index is 854. The van der Waals surface area contributed by atoms with Crippen molar-refractivity contribution in [3.63, 3.8) is 0 Å². The second-order valence-corrected chi connectivity index (χ2v) is 5.33. The van der Waals surface area contributed by atoms with E-state index in [9.17, 15) is 4.79 Å². The van der Waals surface area contributed by atoms with E-state index in [0.29, 0.717) is 28.2 Å². The summed E-state index contributed by atoms with van der Waals surface area (Å²) in [6.07, 6.45) is 1.26. The quantitative estimate of drug-likeness (QED) is 0.593. The zero-order valence-corrected chi connectivity index (χ0v) is 13.3. The van der Waals surface area contributed by atoms with Gasteiger partial charge >= 0.3 is 0 Å². The van der Waals surface area contributed by atoms with Gasteiger partial charge in [0.1, 0.15) is 11.8 Å². The Morgan fingerprint density at radius 3 is 2.78 bits per heavy atom. The zero-order chi connectivity index (χ0) is 17.1. The molecule has 0 spiro atoms. The SMILES string of the molecule is CC(=N)c1cc(NC(=O)c2ncc(C#N)c(Cl)c2C)ccc1N. The Balaban J connectivity index is 2.34. The van der Waals surface area contributed by atoms with Crippen LogP contribution in [-0.2, 0) is 0 Å². The lowest BCUT2D eigenvalue weighted by Crippen LogP contribution is -2.16. The number of nitrogen functional groups attached to an aromatic ring is 1. The maximum absolute atomic E-state index is 12.4. The molecule has 6 nitrogen and oxygen atoms in total. The largest absolute Gasteiger partial charge is 0.398 e. The van der Waals surface area contributed by atoms with Gasteiger partial charge in [0.25, 0.3) is 5.91 Å². The van der Waals surface area contributed by atoms with Crippen LogP contribution in [-0.4, -0.2) is 16.6 Å². The topological polar surface area (TPSA) is 116 Å². The standard InChI is InChI=1S/C16H14ClN5O/c1-8-14(17)10(6-18)7-21-15(8)16(23)22-11-3-4-13(20)12(5-11)9(2)19/h3-5,7,19H,20H2,1-2H3,(H,22,23). The summed E-state index contributed by atoms with van der Waals surface area (Å²) in [7, 11) is 0. The molecule has 1 amide bonds. The number of nitriles is 1. The van der Waals surface area contributed by atoms with Crippen LogP contribution in [0.3, 0.4) is 0 Å². The average Bonchev–Trinajstić information content (AvgIpc) is 2.51. The minimum atomic E-state index is -0.452. The van der Waals surface area contributed by atoms with Crippen molar-refractivity contribution in [3.05, 3.63) is 51.8 Å². The molecule has 0 saturated heterocycles. The highest BCUT2D eigenvalue weighted by Gasteiger charge is 2.16. The third kappa shape index (κ3) is 3.30. The molecule has 0 unspecified atom stereocenters. The first-order valence-electron chi connectivity index (χ1n) is 6.66. The van der Waals surface area contributed by atoms with Crippen LogP contribution in [0.1, 0.15) is 34.1 Å². The van der Waals surface area contributed by atoms with Crippen LogP contribution < -0.4 is 11.1 Å². The van der Waals surface area contributed by atoms with Crippen molar-refractivity contribution in [2.45, 2.75) is 13.8 Å². The third-order valence-corrected chi connectivity index (χ3v) is 3.78. The van der Waals surface area contributed by atoms with Gasteiger partial charge in [-0.15, -0.1) is 0 Å². The summed E-state index contributed by atoms with van der Waals surface area (Å²) in [6.45, 7) is 3.24. The van der Waals surface area contributed by atoms with Crippen LogP contribution in [0.25, 0.3) is 0 Å². The molecule has 4 N–H and O–H groups in total. The molecule has 0 radical (unpaired) electrons. The molecule has 1 aromatic heterocycles. The van der Waals surface area contributed by atoms with E-state index in [2.05, 4.69) is 10.3 Å². The Labute approximate surface area is 138 Å². The average molecular weight is 328 g/mol. The van der Waals surface area contributed by atoms with Gasteiger partial charge in [-0.1, -0.05) is 11.6 Å². The number of aromatic nitrogens is 1. The van der Waals surface area contributed by atoms with E-state index in [0.717, 1.165) is 0 Å². The highest BCUT2D eigenvalue weighted by Crippen LogP contribution is 2.23. The van der Waals surface area contributed by atoms with Gasteiger partial charge in [-0.2, -0.15) is 5.26 Å². The molecular formula is C16H14ClN5O. The van der Waals surface area contributed by atoms with E-state index in [-0.39, 0.29) is 16.3 Å². The zero-order valence-electron chi connectivity index (χ0n) is 12.6. The number of pyridine rings is 1. The van der Waals surface area contributed by atoms with Crippen molar-refractivity contribution < 1.29 is 4.79 Å². The van der Waals surface area contributed by atoms with Crippen LogP contribution in [0.2, 0.25) is 5.02 Å². The lowest BCUT2D eigenvalue weighted by Gasteiger charge is -2.11. The number of nitrogens with two attached hydrogens (primary N) is 1. The first kappa shape index (κ1) is 16.5. The first-order valence-corrected chi connectivity index (χ1v) is 7.04. The van der Waals surface area contributed by atoms with Gasteiger partial charge in [0.2, 0.25) is 0 Å². The fourth-order valence-corrected chi connectivity index (χ4v) is 2.23. The lowest BCUT2D eigenvalue weighted by atomic mass is 10.1. The summed E-state index contributed by atoms with van der Waals surface area (Å²) in [5, 5.41) is 19.5. The van der Waals surface area contributed by atoms with Crippen LogP contribution in [0.5, 0.6) is 0 Å². The summed E-state index contributed by atoms with van der Waals surface area (Å²) in [5.74, 6) is -0.452. The Kier molecular flexibility index (Phi) is 4.63. The van der Waals surface area contributed by atoms with Gasteiger partial charge in [0, 0.05) is 34.4 Å². The molecule has 116 valence electrons. The van der Waals surface area contributed by atoms with E-state index in [1.807, 2.05) is 6.07 Å². The first-order chi connectivity index (χ1) is 10.8. The van der Waals surface area contributed by atoms with Crippen molar-refractivity contribution in [2.24, 2.45) is 0 Å². The molecule has 1 heterocycles. The molecule has 0 aliphatic rings. The number of benzene rings is 1. The van der Waals surface area contributed by atoms with E-state index in [1.54, 1.807) is 32.0 Å². The number of amides is 1. The minimum Gasteiger partial charge on any atom is -0.398 e. The monoisotopic (exact) mass is 327 g/mol. The number of carbonyl (C=O) groups excluding carboxylic acids is 1. The molecule has 0 aliphatic carbocycles. The summed E-state index contributed by atoms with van der Waals surface area (Å²) >= 11 is 6.05. The summed E-state index contributed by atoms with van der Waals surface area (Å²) in [6, 6.07) is 6.79. The molecule has 0 bridgehead atoms. The predicted octanol–water partition coefficient (Wildman–Crippen LogP) is 3.14. The second kappa shape index (κ2) is 6.46. The van der Waals surface area contributed by atoms with Gasteiger partial charge in [-0.25, -0.2) is 4.98 Å². The lowest BCUT2D eigenvalue weighted by molar-refractivity contribution is 0.102. The smallest absolute Gasteiger partial charge is 0.274 e. The van der Waals surface area contributed by atoms with Crippen molar-refractivity contribution in [2.75, 3.05) is 11.1 Å². The molecule has 0 aliphatic heterocycles. The van der Waals surface area contributed by atoms with Crippen LogP contribution in [0, 0.1) is 23.7 Å². The Morgan fingerprint density at radius 2 is 2.17 bits per heavy atom. The summed E-state index contributed by atoms with van der Waals surface area (Å²) in [5.41, 5.74) is 8.39. The van der Waals surface area contributed by atoms with Gasteiger partial charge in [0.05, 0.1) is 10.6 Å². The maximum atomic E-state index is 12.4. The molecule has 2 aromatic rings. The molecule has 23 heavy (non-hydrogen) atoms. The van der Waals surface area contributed by atoms with Gasteiger partial charge in [-0.3, -0.25) is 4.79 Å². The number of hydrogen-bond acceptors (Lipinski definition) is 5. The van der Waals surface area contributed by atoms with Crippen molar-refractivity contribution in [1.82, 2.24) is 4.98 Å². The molecular weight excluding hydrogens is 314 g/mol. The van der Waals surface area contributed by atoms with E-state index < -0.39 is 5.91 Å². The van der Waals surface area contributed by atoms with Crippen LogP contribution in [0.15, 0.2) is 24.4 Å². The third-order valence-electron chi connectivity index (χ3n) is 3.29. The van der Waals surface area contributed by atoms with Crippen molar-refractivity contribution in [3.8, 4) is 6.07 Å². The molecule has 2 rings (SSSR count). The van der Waals surface area contributed by atoms with Gasteiger partial charge in [0.15, 0.2) is 0 Å². The highest BCUT2D eigenvalue weighted by molar-refractivity contribution is 6.33. The highest BCUT2D eigenvalue weighted by atomic mass is 35.5. The summed E-state index contributed by atoms with van der Waals surface area (Å²) in [4.78, 5) is 16.3. The van der Waals surface area contributed by atoms with E-state index in [1.165, 1.54) is 6.20 Å². The Morgan fingerprint density at radius 1 is 1.48 bits per heavy atom. The summed E-state index contributed by atoms with van der Waals surface area (Å²) < 4.78 is 0. The number of halogens is 1. The fraction of sp³-hybridized carbons (Fsp3) is 0.125. The molecule has 0 saturated carbocycles. The fourth-order valence-electron chi connectivity index (χ4n) is 2.04. The van der Waals surface area contributed by atoms with Gasteiger partial charge < -0.3 is 16.5 Å². The van der Waals surface area contributed by atoms with Gasteiger partial charge in [-0.05, 0) is 32.0 Å². The minimum absolute atomic E-state index is 0.138. The van der Waals surface area contributed by atoms with Crippen LogP contribution in [0.4, 0.5) is 11.4 Å². The predicted molar refractivity (Wildman–Crippen MR) is 90.0 cm³/mol. The molecule has 7 heteroatoms. The molecule has 1 aromatic carbocycles. The Hall–Kier alpha value is -2.91. The second-order valence-electron chi connectivity index (χ2n) is 4.95. The van der Waals surface area contributed by atoms with Crippen molar-refractivity contribution in [1.29, 1.82) is 10.7 Å². The van der Waals surface area contributed by atoms with Crippen molar-refractivity contribution >= 4 is 34.6 Å². The molecule has 0 fully saturated rings. The number of nitrogens with zero attached hydrogens (tertiary/aromatic N) is 2. The normalized spacial score (nSPS) is 10.0. The number of rotatable bonds is 3. The molecule has 0 atom stereocenters. The van der Waals surface area contributed by atoms with E-state index >= 15 is 0 Å².